The zero-order valence-corrected chi connectivity index (χ0v) is 12.1. The smallest absolute Gasteiger partial charge is 0.116 e. The predicted octanol–water partition coefficient (Wildman–Crippen LogP) is 1.05. The van der Waals surface area contributed by atoms with Gasteiger partial charge in [-0.2, -0.15) is 5.26 Å². The Hall–Kier alpha value is -0.630. The third kappa shape index (κ3) is 3.23. The Morgan fingerprint density at radius 3 is 2.28 bits per heavy atom. The minimum Gasteiger partial charge on any atom is -0.298 e. The van der Waals surface area contributed by atoms with Gasteiger partial charge >= 0.3 is 0 Å². The Morgan fingerprint density at radius 2 is 1.83 bits per heavy atom. The fourth-order valence-electron chi connectivity index (χ4n) is 2.88. The van der Waals surface area contributed by atoms with Crippen molar-refractivity contribution in [3.8, 4) is 6.07 Å². The Labute approximate surface area is 111 Å². The van der Waals surface area contributed by atoms with Crippen molar-refractivity contribution in [3.63, 3.8) is 0 Å². The lowest BCUT2D eigenvalue weighted by molar-refractivity contribution is 0.0495. The molecule has 18 heavy (non-hydrogen) atoms. The SMILES string of the molecule is CC1CN(CC(C)(C#N)NC2CC2)CC(C)N1C. The maximum Gasteiger partial charge on any atom is 0.116 e. The number of piperazine rings is 1. The highest BCUT2D eigenvalue weighted by Crippen LogP contribution is 2.23. The van der Waals surface area contributed by atoms with Crippen LogP contribution in [0.25, 0.3) is 0 Å². The van der Waals surface area contributed by atoms with Crippen LogP contribution in [0.3, 0.4) is 0 Å². The summed E-state index contributed by atoms with van der Waals surface area (Å²) >= 11 is 0. The molecule has 3 unspecified atom stereocenters. The molecular formula is C14H26N4. The molecule has 0 aromatic rings. The molecule has 0 spiro atoms. The lowest BCUT2D eigenvalue weighted by Crippen LogP contribution is -2.60. The van der Waals surface area contributed by atoms with E-state index in [1.807, 2.05) is 6.92 Å². The van der Waals surface area contributed by atoms with Gasteiger partial charge in [-0.15, -0.1) is 0 Å². The number of nitriles is 1. The zero-order chi connectivity index (χ0) is 13.3. The van der Waals surface area contributed by atoms with Crippen LogP contribution in [-0.2, 0) is 0 Å². The van der Waals surface area contributed by atoms with Crippen molar-refractivity contribution >= 4 is 0 Å². The molecule has 0 bridgehead atoms. The van der Waals surface area contributed by atoms with Crippen LogP contribution < -0.4 is 5.32 Å². The third-order valence-corrected chi connectivity index (χ3v) is 4.32. The van der Waals surface area contributed by atoms with Gasteiger partial charge in [0.25, 0.3) is 0 Å². The zero-order valence-electron chi connectivity index (χ0n) is 12.1. The van der Waals surface area contributed by atoms with Crippen LogP contribution in [0.2, 0.25) is 0 Å². The van der Waals surface area contributed by atoms with Crippen molar-refractivity contribution in [1.29, 1.82) is 5.26 Å². The van der Waals surface area contributed by atoms with E-state index in [9.17, 15) is 5.26 Å². The molecule has 4 heteroatoms. The highest BCUT2D eigenvalue weighted by Gasteiger charge is 2.36. The van der Waals surface area contributed by atoms with Crippen LogP contribution in [0.1, 0.15) is 33.6 Å². The Bertz CT molecular complexity index is 321. The minimum atomic E-state index is -0.392. The molecule has 2 fully saturated rings. The first-order chi connectivity index (χ1) is 8.43. The summed E-state index contributed by atoms with van der Waals surface area (Å²) in [5, 5.41) is 12.9. The van der Waals surface area contributed by atoms with Crippen LogP contribution in [0.15, 0.2) is 0 Å². The topological polar surface area (TPSA) is 42.3 Å². The molecule has 0 radical (unpaired) electrons. The van der Waals surface area contributed by atoms with E-state index in [1.165, 1.54) is 12.8 Å². The molecule has 1 saturated carbocycles. The van der Waals surface area contributed by atoms with Crippen LogP contribution in [0.4, 0.5) is 0 Å². The van der Waals surface area contributed by atoms with Crippen molar-refractivity contribution in [2.45, 2.75) is 57.3 Å². The lowest BCUT2D eigenvalue weighted by atomic mass is 10.0. The number of hydrogen-bond donors (Lipinski definition) is 1. The number of hydrogen-bond acceptors (Lipinski definition) is 4. The van der Waals surface area contributed by atoms with Crippen LogP contribution in [0, 0.1) is 11.3 Å². The first-order valence-corrected chi connectivity index (χ1v) is 7.07. The largest absolute Gasteiger partial charge is 0.298 e. The van der Waals surface area contributed by atoms with Crippen LogP contribution in [-0.4, -0.2) is 60.1 Å². The van der Waals surface area contributed by atoms with Crippen molar-refractivity contribution < 1.29 is 0 Å². The highest BCUT2D eigenvalue weighted by atomic mass is 15.3. The number of nitrogens with one attached hydrogen (secondary N) is 1. The molecule has 1 aliphatic heterocycles. The molecule has 0 aromatic heterocycles. The van der Waals surface area contributed by atoms with E-state index in [4.69, 9.17) is 0 Å². The first-order valence-electron chi connectivity index (χ1n) is 7.07. The van der Waals surface area contributed by atoms with Crippen molar-refractivity contribution in [1.82, 2.24) is 15.1 Å². The van der Waals surface area contributed by atoms with Crippen molar-refractivity contribution in [2.75, 3.05) is 26.7 Å². The van der Waals surface area contributed by atoms with Crippen molar-refractivity contribution in [2.24, 2.45) is 0 Å². The molecule has 3 atom stereocenters. The summed E-state index contributed by atoms with van der Waals surface area (Å²) in [6.45, 7) is 9.53. The van der Waals surface area contributed by atoms with Crippen molar-refractivity contribution in [3.05, 3.63) is 0 Å². The van der Waals surface area contributed by atoms with E-state index in [0.717, 1.165) is 19.6 Å². The molecule has 1 saturated heterocycles. The number of rotatable bonds is 4. The van der Waals surface area contributed by atoms with Gasteiger partial charge in [-0.25, -0.2) is 0 Å². The van der Waals surface area contributed by atoms with Gasteiger partial charge in [-0.1, -0.05) is 0 Å². The third-order valence-electron chi connectivity index (χ3n) is 4.32. The fraction of sp³-hybridized carbons (Fsp3) is 0.929. The van der Waals surface area contributed by atoms with Gasteiger partial charge in [-0.05, 0) is 40.7 Å². The summed E-state index contributed by atoms with van der Waals surface area (Å²) in [5.74, 6) is 0. The second-order valence-corrected chi connectivity index (χ2v) is 6.42. The molecule has 0 amide bonds. The van der Waals surface area contributed by atoms with Gasteiger partial charge < -0.3 is 0 Å². The average Bonchev–Trinajstić information content (AvgIpc) is 3.09. The Kier molecular flexibility index (Phi) is 3.96. The van der Waals surface area contributed by atoms with Crippen LogP contribution >= 0.6 is 0 Å². The minimum absolute atomic E-state index is 0.392. The number of nitrogens with zero attached hydrogens (tertiary/aromatic N) is 3. The molecule has 1 aliphatic carbocycles. The Balaban J connectivity index is 1.93. The standard InChI is InChI=1S/C14H26N4/c1-11-7-18(8-12(2)17(11)4)10-14(3,9-15)16-13-5-6-13/h11-13,16H,5-8,10H2,1-4H3. The Morgan fingerprint density at radius 1 is 1.28 bits per heavy atom. The normalized spacial score (nSPS) is 33.9. The van der Waals surface area contributed by atoms with E-state index in [-0.39, 0.29) is 0 Å². The van der Waals surface area contributed by atoms with Gasteiger partial charge in [0.2, 0.25) is 0 Å². The van der Waals surface area contributed by atoms with E-state index in [2.05, 4.69) is 42.1 Å². The monoisotopic (exact) mass is 250 g/mol. The van der Waals surface area contributed by atoms with Gasteiger partial charge in [0.1, 0.15) is 5.54 Å². The molecule has 4 nitrogen and oxygen atoms in total. The summed E-state index contributed by atoms with van der Waals surface area (Å²) < 4.78 is 0. The number of likely N-dealkylation sites (N-methyl/N-ethyl adjacent to an activating group) is 1. The average molecular weight is 250 g/mol. The summed E-state index contributed by atoms with van der Waals surface area (Å²) in [5.41, 5.74) is -0.392. The predicted molar refractivity (Wildman–Crippen MR) is 73.3 cm³/mol. The van der Waals surface area contributed by atoms with Crippen LogP contribution in [0.5, 0.6) is 0 Å². The second-order valence-electron chi connectivity index (χ2n) is 6.42. The van der Waals surface area contributed by atoms with E-state index >= 15 is 0 Å². The molecular weight excluding hydrogens is 224 g/mol. The van der Waals surface area contributed by atoms with Gasteiger partial charge in [0, 0.05) is 37.8 Å². The molecule has 102 valence electrons. The first kappa shape index (κ1) is 13.8. The summed E-state index contributed by atoms with van der Waals surface area (Å²) in [6, 6.07) is 4.19. The summed E-state index contributed by atoms with van der Waals surface area (Å²) in [4.78, 5) is 4.86. The maximum atomic E-state index is 9.43. The highest BCUT2D eigenvalue weighted by molar-refractivity contribution is 5.09. The molecule has 0 aromatic carbocycles. The van der Waals surface area contributed by atoms with Gasteiger partial charge in [0.15, 0.2) is 0 Å². The van der Waals surface area contributed by atoms with E-state index in [1.54, 1.807) is 0 Å². The molecule has 1 heterocycles. The molecule has 2 aliphatic rings. The second kappa shape index (κ2) is 5.16. The maximum absolute atomic E-state index is 9.43. The quantitative estimate of drug-likeness (QED) is 0.810. The molecule has 1 N–H and O–H groups in total. The van der Waals surface area contributed by atoms with E-state index < -0.39 is 5.54 Å². The lowest BCUT2D eigenvalue weighted by Gasteiger charge is -2.44. The summed E-state index contributed by atoms with van der Waals surface area (Å²) in [7, 11) is 2.19. The van der Waals surface area contributed by atoms with Gasteiger partial charge in [-0.3, -0.25) is 15.1 Å². The summed E-state index contributed by atoms with van der Waals surface area (Å²) in [6.07, 6.45) is 2.46. The molecule has 2 rings (SSSR count). The fourth-order valence-corrected chi connectivity index (χ4v) is 2.88. The van der Waals surface area contributed by atoms with E-state index in [0.29, 0.717) is 18.1 Å². The van der Waals surface area contributed by atoms with Gasteiger partial charge in [0.05, 0.1) is 6.07 Å².